The molecule has 2 amide bonds. The highest BCUT2D eigenvalue weighted by Crippen LogP contribution is 2.32. The van der Waals surface area contributed by atoms with E-state index < -0.39 is 0 Å². The van der Waals surface area contributed by atoms with Crippen LogP contribution in [0.1, 0.15) is 23.7 Å². The quantitative estimate of drug-likeness (QED) is 0.164. The number of benzene rings is 2. The van der Waals surface area contributed by atoms with Crippen molar-refractivity contribution in [3.63, 3.8) is 0 Å². The Morgan fingerprint density at radius 2 is 1.68 bits per heavy atom. The molecule has 0 unspecified atom stereocenters. The van der Waals surface area contributed by atoms with Gasteiger partial charge in [-0.15, -0.1) is 21.5 Å². The molecule has 0 aliphatic rings. The van der Waals surface area contributed by atoms with E-state index in [1.165, 1.54) is 46.2 Å². The van der Waals surface area contributed by atoms with Gasteiger partial charge in [0, 0.05) is 17.7 Å². The van der Waals surface area contributed by atoms with E-state index in [1.54, 1.807) is 19.1 Å². The zero-order valence-corrected chi connectivity index (χ0v) is 21.2. The first kappa shape index (κ1) is 24.3. The first-order chi connectivity index (χ1) is 16.5. The summed E-state index contributed by atoms with van der Waals surface area (Å²) in [6.45, 7) is 1.80. The van der Waals surface area contributed by atoms with Crippen LogP contribution in [0.2, 0.25) is 0 Å². The summed E-state index contributed by atoms with van der Waals surface area (Å²) >= 11 is 5.32. The number of ketones is 1. The Bertz CT molecular complexity index is 1320. The van der Waals surface area contributed by atoms with Crippen LogP contribution in [0, 0.1) is 0 Å². The van der Waals surface area contributed by atoms with Crippen molar-refractivity contribution in [1.82, 2.24) is 15.2 Å². The molecule has 34 heavy (non-hydrogen) atoms. The predicted octanol–water partition coefficient (Wildman–Crippen LogP) is 5.20. The number of aromatic nitrogens is 3. The van der Waals surface area contributed by atoms with Gasteiger partial charge in [-0.25, -0.2) is 4.98 Å². The number of hydrogen-bond donors (Lipinski definition) is 2. The molecule has 0 saturated carbocycles. The topological polar surface area (TPSA) is 114 Å². The second-order valence-corrected chi connectivity index (χ2v) is 11.3. The molecule has 2 aromatic heterocycles. The summed E-state index contributed by atoms with van der Waals surface area (Å²) in [6.07, 6.45) is 0.414. The first-order valence-electron chi connectivity index (χ1n) is 10.2. The molecule has 2 aromatic carbocycles. The minimum Gasteiger partial charge on any atom is -0.326 e. The van der Waals surface area contributed by atoms with Crippen molar-refractivity contribution >= 4 is 84.8 Å². The molecule has 0 atom stereocenters. The Hall–Kier alpha value is -2.80. The van der Waals surface area contributed by atoms with Crippen LogP contribution in [0.3, 0.4) is 0 Å². The molecule has 4 aromatic rings. The summed E-state index contributed by atoms with van der Waals surface area (Å²) < 4.78 is 2.31. The zero-order chi connectivity index (χ0) is 23.9. The van der Waals surface area contributed by atoms with Crippen LogP contribution in [0.5, 0.6) is 0 Å². The van der Waals surface area contributed by atoms with Crippen LogP contribution >= 0.6 is 46.2 Å². The average Bonchev–Trinajstić information content (AvgIpc) is 3.47. The van der Waals surface area contributed by atoms with Crippen molar-refractivity contribution in [2.45, 2.75) is 22.0 Å². The SMILES string of the molecule is CCC(=O)Nc1ccc2nc(SCC(=O)Nc3nnc(SCC(=O)c4ccccc4)s3)sc2c1. The fourth-order valence-electron chi connectivity index (χ4n) is 2.73. The van der Waals surface area contributed by atoms with Crippen LogP contribution in [-0.4, -0.2) is 44.3 Å². The molecule has 12 heteroatoms. The molecule has 8 nitrogen and oxygen atoms in total. The van der Waals surface area contributed by atoms with Gasteiger partial charge < -0.3 is 5.32 Å². The molecule has 0 spiro atoms. The number of Topliss-reactive ketones (excluding diaryl/α,β-unsaturated/α-hetero) is 1. The van der Waals surface area contributed by atoms with Gasteiger partial charge in [0.1, 0.15) is 0 Å². The van der Waals surface area contributed by atoms with Gasteiger partial charge in [-0.3, -0.25) is 19.7 Å². The van der Waals surface area contributed by atoms with Gasteiger partial charge in [0.15, 0.2) is 14.5 Å². The van der Waals surface area contributed by atoms with E-state index in [-0.39, 0.29) is 29.1 Å². The number of nitrogens with one attached hydrogen (secondary N) is 2. The largest absolute Gasteiger partial charge is 0.326 e. The number of thiazole rings is 1. The van der Waals surface area contributed by atoms with Gasteiger partial charge in [-0.05, 0) is 18.2 Å². The van der Waals surface area contributed by atoms with E-state index in [0.717, 1.165) is 20.2 Å². The summed E-state index contributed by atoms with van der Waals surface area (Å²) in [4.78, 5) is 40.7. The molecule has 4 rings (SSSR count). The second kappa shape index (κ2) is 11.6. The average molecular weight is 530 g/mol. The van der Waals surface area contributed by atoms with Gasteiger partial charge in [0.25, 0.3) is 0 Å². The molecule has 0 aliphatic carbocycles. The van der Waals surface area contributed by atoms with Crippen LogP contribution in [0.25, 0.3) is 10.2 Å². The Morgan fingerprint density at radius 3 is 2.47 bits per heavy atom. The van der Waals surface area contributed by atoms with Crippen molar-refractivity contribution < 1.29 is 14.4 Å². The molecule has 174 valence electrons. The smallest absolute Gasteiger partial charge is 0.236 e. The molecule has 2 heterocycles. The number of thioether (sulfide) groups is 2. The lowest BCUT2D eigenvalue weighted by molar-refractivity contribution is -0.116. The minimum atomic E-state index is -0.215. The Kier molecular flexibility index (Phi) is 8.27. The normalized spacial score (nSPS) is 10.9. The van der Waals surface area contributed by atoms with E-state index in [4.69, 9.17) is 0 Å². The van der Waals surface area contributed by atoms with E-state index in [2.05, 4.69) is 25.8 Å². The van der Waals surface area contributed by atoms with Crippen molar-refractivity contribution in [2.75, 3.05) is 22.1 Å². The number of carbonyl (C=O) groups is 3. The minimum absolute atomic E-state index is 0.0125. The maximum absolute atomic E-state index is 12.3. The fourth-order valence-corrected chi connectivity index (χ4v) is 6.30. The third-order valence-corrected chi connectivity index (χ3v) is 8.51. The van der Waals surface area contributed by atoms with E-state index in [9.17, 15) is 14.4 Å². The van der Waals surface area contributed by atoms with Gasteiger partial charge in [0.2, 0.25) is 16.9 Å². The third-order valence-electron chi connectivity index (χ3n) is 4.38. The number of anilines is 2. The standard InChI is InChI=1S/C22H19N5O3S4/c1-2-18(29)23-14-8-9-15-17(10-14)33-21(24-15)32-12-19(30)25-20-26-27-22(34-20)31-11-16(28)13-6-4-3-5-7-13/h3-10H,2,11-12H2,1H3,(H,23,29)(H,25,26,30). The van der Waals surface area contributed by atoms with Crippen molar-refractivity contribution in [3.8, 4) is 0 Å². The first-order valence-corrected chi connectivity index (χ1v) is 13.8. The van der Waals surface area contributed by atoms with Gasteiger partial charge in [-0.1, -0.05) is 72.1 Å². The Balaban J connectivity index is 1.26. The van der Waals surface area contributed by atoms with Gasteiger partial charge >= 0.3 is 0 Å². The number of carbonyl (C=O) groups excluding carboxylic acids is 3. The highest BCUT2D eigenvalue weighted by atomic mass is 32.2. The Labute approximate surface area is 212 Å². The lowest BCUT2D eigenvalue weighted by atomic mass is 10.2. The molecular formula is C22H19N5O3S4. The monoisotopic (exact) mass is 529 g/mol. The Morgan fingerprint density at radius 1 is 0.882 bits per heavy atom. The van der Waals surface area contributed by atoms with E-state index >= 15 is 0 Å². The highest BCUT2D eigenvalue weighted by molar-refractivity contribution is 8.02. The summed E-state index contributed by atoms with van der Waals surface area (Å²) in [5, 5.41) is 14.0. The van der Waals surface area contributed by atoms with Crippen molar-refractivity contribution in [3.05, 3.63) is 54.1 Å². The van der Waals surface area contributed by atoms with E-state index in [0.29, 0.717) is 21.5 Å². The molecule has 0 bridgehead atoms. The molecule has 2 N–H and O–H groups in total. The van der Waals surface area contributed by atoms with Crippen molar-refractivity contribution in [2.24, 2.45) is 0 Å². The lowest BCUT2D eigenvalue weighted by Gasteiger charge is -2.02. The van der Waals surface area contributed by atoms with Gasteiger partial charge in [0.05, 0.1) is 21.7 Å². The van der Waals surface area contributed by atoms with Gasteiger partial charge in [-0.2, -0.15) is 0 Å². The molecule has 0 radical (unpaired) electrons. The molecule has 0 fully saturated rings. The van der Waals surface area contributed by atoms with Crippen LogP contribution < -0.4 is 10.6 Å². The second-order valence-electron chi connectivity index (χ2n) is 6.85. The third kappa shape index (κ3) is 6.63. The molecular weight excluding hydrogens is 511 g/mol. The van der Waals surface area contributed by atoms with Crippen LogP contribution in [0.15, 0.2) is 57.2 Å². The number of nitrogens with zero attached hydrogens (tertiary/aromatic N) is 3. The number of amides is 2. The summed E-state index contributed by atoms with van der Waals surface area (Å²) in [6, 6.07) is 14.6. The summed E-state index contributed by atoms with van der Waals surface area (Å²) in [5.41, 5.74) is 2.20. The maximum Gasteiger partial charge on any atom is 0.236 e. The lowest BCUT2D eigenvalue weighted by Crippen LogP contribution is -2.13. The zero-order valence-electron chi connectivity index (χ0n) is 17.9. The van der Waals surface area contributed by atoms with E-state index in [1.807, 2.05) is 36.4 Å². The van der Waals surface area contributed by atoms with Crippen molar-refractivity contribution in [1.29, 1.82) is 0 Å². The highest BCUT2D eigenvalue weighted by Gasteiger charge is 2.13. The molecule has 0 saturated heterocycles. The number of hydrogen-bond acceptors (Lipinski definition) is 10. The predicted molar refractivity (Wildman–Crippen MR) is 139 cm³/mol. The van der Waals surface area contributed by atoms with Crippen LogP contribution in [-0.2, 0) is 9.59 Å². The molecule has 0 aliphatic heterocycles. The number of fused-ring (bicyclic) bond motifs is 1. The summed E-state index contributed by atoms with van der Waals surface area (Å²) in [5.74, 6) is 0.181. The number of rotatable bonds is 10. The maximum atomic E-state index is 12.3. The van der Waals surface area contributed by atoms with Crippen LogP contribution in [0.4, 0.5) is 10.8 Å². The summed E-state index contributed by atoms with van der Waals surface area (Å²) in [7, 11) is 0. The fraction of sp³-hybridized carbons (Fsp3) is 0.182.